The summed E-state index contributed by atoms with van der Waals surface area (Å²) in [6, 6.07) is 0. The summed E-state index contributed by atoms with van der Waals surface area (Å²) in [6.07, 6.45) is 5.11. The zero-order valence-corrected chi connectivity index (χ0v) is 5.26. The highest BCUT2D eigenvalue weighted by molar-refractivity contribution is 4.71. The lowest BCUT2D eigenvalue weighted by Gasteiger charge is -2.20. The molecule has 1 rings (SSSR count). The molecule has 1 saturated heterocycles. The highest BCUT2D eigenvalue weighted by Crippen LogP contribution is 2.09. The molecular weight excluding hydrogens is 116 g/mol. The first-order valence-corrected chi connectivity index (χ1v) is 3.19. The van der Waals surface area contributed by atoms with Crippen LogP contribution < -0.4 is 5.32 Å². The molecule has 0 aromatic rings. The third-order valence-electron chi connectivity index (χ3n) is 1.41. The van der Waals surface area contributed by atoms with Gasteiger partial charge in [0.1, 0.15) is 6.23 Å². The summed E-state index contributed by atoms with van der Waals surface area (Å²) in [4.78, 5) is 0. The molecule has 0 saturated carbocycles. The van der Waals surface area contributed by atoms with Gasteiger partial charge < -0.3 is 4.74 Å². The van der Waals surface area contributed by atoms with Crippen molar-refractivity contribution in [2.75, 3.05) is 6.61 Å². The molecular formula is C6H10N2O. The van der Waals surface area contributed by atoms with E-state index in [1.54, 1.807) is 0 Å². The molecule has 0 aromatic carbocycles. The highest BCUT2D eigenvalue weighted by atomic mass is 16.5. The van der Waals surface area contributed by atoms with E-state index in [4.69, 9.17) is 10.00 Å². The van der Waals surface area contributed by atoms with E-state index in [0.717, 1.165) is 19.4 Å². The van der Waals surface area contributed by atoms with Gasteiger partial charge in [0.2, 0.25) is 0 Å². The number of hydrogen-bond acceptors (Lipinski definition) is 3. The van der Waals surface area contributed by atoms with Crippen molar-refractivity contribution < 1.29 is 4.74 Å². The van der Waals surface area contributed by atoms with Crippen molar-refractivity contribution in [3.8, 4) is 6.19 Å². The second kappa shape index (κ2) is 3.31. The van der Waals surface area contributed by atoms with Crippen LogP contribution in [0.4, 0.5) is 0 Å². The Labute approximate surface area is 54.6 Å². The van der Waals surface area contributed by atoms with Gasteiger partial charge in [-0.1, -0.05) is 0 Å². The number of nitriles is 1. The lowest BCUT2D eigenvalue weighted by molar-refractivity contribution is 0.00483. The minimum Gasteiger partial charge on any atom is -0.358 e. The van der Waals surface area contributed by atoms with Crippen LogP contribution in [0.25, 0.3) is 0 Å². The molecule has 0 aliphatic carbocycles. The standard InChI is InChI=1S/C6H10N2O/c7-5-8-6-3-1-2-4-9-6/h6,8H,1-4H2. The fourth-order valence-corrected chi connectivity index (χ4v) is 0.927. The van der Waals surface area contributed by atoms with Crippen LogP contribution in [0.15, 0.2) is 0 Å². The van der Waals surface area contributed by atoms with Crippen molar-refractivity contribution in [2.24, 2.45) is 0 Å². The van der Waals surface area contributed by atoms with Gasteiger partial charge in [-0.2, -0.15) is 5.26 Å². The summed E-state index contributed by atoms with van der Waals surface area (Å²) in [5, 5.41) is 10.7. The maximum absolute atomic E-state index is 8.18. The third-order valence-corrected chi connectivity index (χ3v) is 1.41. The van der Waals surface area contributed by atoms with Crippen molar-refractivity contribution in [3.05, 3.63) is 0 Å². The molecule has 3 heteroatoms. The van der Waals surface area contributed by atoms with E-state index in [1.807, 2.05) is 6.19 Å². The molecule has 1 heterocycles. The molecule has 1 N–H and O–H groups in total. The second-order valence-corrected chi connectivity index (χ2v) is 2.11. The summed E-state index contributed by atoms with van der Waals surface area (Å²) in [5.41, 5.74) is 0. The zero-order chi connectivity index (χ0) is 6.53. The largest absolute Gasteiger partial charge is 0.358 e. The van der Waals surface area contributed by atoms with E-state index in [-0.39, 0.29) is 6.23 Å². The smallest absolute Gasteiger partial charge is 0.178 e. The van der Waals surface area contributed by atoms with Crippen LogP contribution in [0.3, 0.4) is 0 Å². The second-order valence-electron chi connectivity index (χ2n) is 2.11. The van der Waals surface area contributed by atoms with E-state index in [1.165, 1.54) is 6.42 Å². The minimum atomic E-state index is -0.0104. The van der Waals surface area contributed by atoms with Gasteiger partial charge in [0, 0.05) is 6.61 Å². The number of nitrogens with one attached hydrogen (secondary N) is 1. The molecule has 0 bridgehead atoms. The maximum Gasteiger partial charge on any atom is 0.178 e. The molecule has 50 valence electrons. The Hall–Kier alpha value is -0.750. The first-order chi connectivity index (χ1) is 4.43. The Balaban J connectivity index is 2.17. The summed E-state index contributed by atoms with van der Waals surface area (Å²) < 4.78 is 5.18. The Kier molecular flexibility index (Phi) is 2.34. The minimum absolute atomic E-state index is 0.0104. The van der Waals surface area contributed by atoms with Crippen LogP contribution in [-0.2, 0) is 4.74 Å². The summed E-state index contributed by atoms with van der Waals surface area (Å²) in [7, 11) is 0. The van der Waals surface area contributed by atoms with Crippen LogP contribution in [0, 0.1) is 11.5 Å². The quantitative estimate of drug-likeness (QED) is 0.413. The molecule has 1 aliphatic heterocycles. The molecule has 1 aliphatic rings. The van der Waals surface area contributed by atoms with Crippen molar-refractivity contribution in [2.45, 2.75) is 25.5 Å². The average Bonchev–Trinajstić information content (AvgIpc) is 1.91. The number of nitrogens with zero attached hydrogens (tertiary/aromatic N) is 1. The SMILES string of the molecule is N#CNC1CCCCO1. The van der Waals surface area contributed by atoms with Crippen LogP contribution in [0.5, 0.6) is 0 Å². The van der Waals surface area contributed by atoms with Crippen molar-refractivity contribution in [3.63, 3.8) is 0 Å². The van der Waals surface area contributed by atoms with E-state index in [0.29, 0.717) is 0 Å². The van der Waals surface area contributed by atoms with E-state index < -0.39 is 0 Å². The van der Waals surface area contributed by atoms with Crippen LogP contribution in [-0.4, -0.2) is 12.8 Å². The molecule has 0 amide bonds. The van der Waals surface area contributed by atoms with Crippen LogP contribution >= 0.6 is 0 Å². The summed E-state index contributed by atoms with van der Waals surface area (Å²) in [6.45, 7) is 0.791. The van der Waals surface area contributed by atoms with E-state index >= 15 is 0 Å². The predicted molar refractivity (Wildman–Crippen MR) is 32.3 cm³/mol. The van der Waals surface area contributed by atoms with Gasteiger partial charge in [-0.3, -0.25) is 5.32 Å². The fourth-order valence-electron chi connectivity index (χ4n) is 0.927. The van der Waals surface area contributed by atoms with Gasteiger partial charge in [0.05, 0.1) is 0 Å². The zero-order valence-electron chi connectivity index (χ0n) is 5.26. The first-order valence-electron chi connectivity index (χ1n) is 3.19. The number of rotatable bonds is 1. The van der Waals surface area contributed by atoms with Crippen LogP contribution in [0.2, 0.25) is 0 Å². The van der Waals surface area contributed by atoms with Gasteiger partial charge in [-0.05, 0) is 19.3 Å². The summed E-state index contributed by atoms with van der Waals surface area (Å²) >= 11 is 0. The highest BCUT2D eigenvalue weighted by Gasteiger charge is 2.11. The lowest BCUT2D eigenvalue weighted by Crippen LogP contribution is -2.31. The Morgan fingerprint density at radius 2 is 2.44 bits per heavy atom. The first kappa shape index (κ1) is 6.37. The average molecular weight is 126 g/mol. The lowest BCUT2D eigenvalue weighted by atomic mass is 10.2. The molecule has 0 aromatic heterocycles. The predicted octanol–water partition coefficient (Wildman–Crippen LogP) is 0.584. The number of ether oxygens (including phenoxy) is 1. The van der Waals surface area contributed by atoms with Gasteiger partial charge >= 0.3 is 0 Å². The molecule has 0 spiro atoms. The third kappa shape index (κ3) is 1.90. The van der Waals surface area contributed by atoms with Crippen molar-refractivity contribution in [1.82, 2.24) is 5.32 Å². The van der Waals surface area contributed by atoms with E-state index in [9.17, 15) is 0 Å². The molecule has 3 nitrogen and oxygen atoms in total. The normalized spacial score (nSPS) is 26.8. The van der Waals surface area contributed by atoms with Gasteiger partial charge in [0.15, 0.2) is 6.19 Å². The Morgan fingerprint density at radius 3 is 3.00 bits per heavy atom. The topological polar surface area (TPSA) is 45.0 Å². The Bertz CT molecular complexity index is 113. The van der Waals surface area contributed by atoms with Gasteiger partial charge in [0.25, 0.3) is 0 Å². The Morgan fingerprint density at radius 1 is 1.56 bits per heavy atom. The fraction of sp³-hybridized carbons (Fsp3) is 0.833. The molecule has 9 heavy (non-hydrogen) atoms. The van der Waals surface area contributed by atoms with Crippen molar-refractivity contribution in [1.29, 1.82) is 5.26 Å². The summed E-state index contributed by atoms with van der Waals surface area (Å²) in [5.74, 6) is 0. The van der Waals surface area contributed by atoms with Gasteiger partial charge in [-0.15, -0.1) is 0 Å². The molecule has 1 atom stereocenters. The molecule has 0 radical (unpaired) electrons. The van der Waals surface area contributed by atoms with Gasteiger partial charge in [-0.25, -0.2) is 0 Å². The van der Waals surface area contributed by atoms with E-state index in [2.05, 4.69) is 5.32 Å². The molecule has 1 fully saturated rings. The monoisotopic (exact) mass is 126 g/mol. The molecule has 1 unspecified atom stereocenters. The van der Waals surface area contributed by atoms with Crippen molar-refractivity contribution >= 4 is 0 Å². The maximum atomic E-state index is 8.18. The number of hydrogen-bond donors (Lipinski definition) is 1. The van der Waals surface area contributed by atoms with Crippen LogP contribution in [0.1, 0.15) is 19.3 Å².